The third-order valence-electron chi connectivity index (χ3n) is 5.38. The van der Waals surface area contributed by atoms with E-state index in [2.05, 4.69) is 29.1 Å². The van der Waals surface area contributed by atoms with Crippen molar-refractivity contribution in [3.63, 3.8) is 0 Å². The molecule has 1 aliphatic heterocycles. The third-order valence-corrected chi connectivity index (χ3v) is 5.38. The highest BCUT2D eigenvalue weighted by molar-refractivity contribution is 5.94. The number of carbonyl (C=O) groups is 1. The molecule has 1 aliphatic rings. The van der Waals surface area contributed by atoms with Crippen molar-refractivity contribution in [1.29, 1.82) is 0 Å². The highest BCUT2D eigenvalue weighted by Gasteiger charge is 2.36. The summed E-state index contributed by atoms with van der Waals surface area (Å²) in [7, 11) is 1.92. The van der Waals surface area contributed by atoms with Crippen LogP contribution in [0.3, 0.4) is 0 Å². The SMILES string of the molecule is Cc1nn(C)c2nc(C3(C)CCCN(C(=O)c4cccnc4)C3)ccc12. The Morgan fingerprint density at radius 3 is 2.88 bits per heavy atom. The molecular formula is C20H23N5O. The summed E-state index contributed by atoms with van der Waals surface area (Å²) in [6, 6.07) is 7.82. The van der Waals surface area contributed by atoms with E-state index in [0.29, 0.717) is 12.1 Å². The number of piperidine rings is 1. The monoisotopic (exact) mass is 349 g/mol. The molecule has 0 N–H and O–H groups in total. The maximum Gasteiger partial charge on any atom is 0.255 e. The van der Waals surface area contributed by atoms with E-state index in [1.54, 1.807) is 18.5 Å². The van der Waals surface area contributed by atoms with Gasteiger partial charge in [0.25, 0.3) is 5.91 Å². The highest BCUT2D eigenvalue weighted by atomic mass is 16.2. The maximum atomic E-state index is 12.8. The van der Waals surface area contributed by atoms with Gasteiger partial charge < -0.3 is 4.90 Å². The van der Waals surface area contributed by atoms with Crippen molar-refractivity contribution in [2.75, 3.05) is 13.1 Å². The molecule has 0 spiro atoms. The lowest BCUT2D eigenvalue weighted by atomic mass is 9.78. The Morgan fingerprint density at radius 2 is 2.12 bits per heavy atom. The van der Waals surface area contributed by atoms with E-state index in [1.165, 1.54) is 0 Å². The topological polar surface area (TPSA) is 63.9 Å². The van der Waals surface area contributed by atoms with E-state index in [4.69, 9.17) is 4.98 Å². The van der Waals surface area contributed by atoms with Crippen molar-refractivity contribution in [3.8, 4) is 0 Å². The average Bonchev–Trinajstić information content (AvgIpc) is 2.95. The molecule has 3 aromatic rings. The van der Waals surface area contributed by atoms with Gasteiger partial charge in [0.2, 0.25) is 0 Å². The number of carbonyl (C=O) groups excluding carboxylic acids is 1. The fourth-order valence-electron chi connectivity index (χ4n) is 3.93. The van der Waals surface area contributed by atoms with E-state index in [0.717, 1.165) is 41.8 Å². The molecule has 6 heteroatoms. The van der Waals surface area contributed by atoms with Crippen LogP contribution in [0.15, 0.2) is 36.7 Å². The molecule has 0 radical (unpaired) electrons. The van der Waals surface area contributed by atoms with Crippen LogP contribution < -0.4 is 0 Å². The molecule has 26 heavy (non-hydrogen) atoms. The van der Waals surface area contributed by atoms with Crippen molar-refractivity contribution in [3.05, 3.63) is 53.6 Å². The third kappa shape index (κ3) is 2.75. The van der Waals surface area contributed by atoms with Crippen molar-refractivity contribution in [2.45, 2.75) is 32.1 Å². The minimum absolute atomic E-state index is 0.0430. The number of nitrogens with zero attached hydrogens (tertiary/aromatic N) is 5. The van der Waals surface area contributed by atoms with E-state index < -0.39 is 0 Å². The maximum absolute atomic E-state index is 12.8. The fourth-order valence-corrected chi connectivity index (χ4v) is 3.93. The first-order chi connectivity index (χ1) is 12.5. The molecule has 1 saturated heterocycles. The van der Waals surface area contributed by atoms with E-state index in [9.17, 15) is 4.79 Å². The van der Waals surface area contributed by atoms with E-state index in [1.807, 2.05) is 29.6 Å². The van der Waals surface area contributed by atoms with E-state index >= 15 is 0 Å². The predicted octanol–water partition coefficient (Wildman–Crippen LogP) is 2.87. The van der Waals surface area contributed by atoms with Gasteiger partial charge in [-0.15, -0.1) is 0 Å². The van der Waals surface area contributed by atoms with Crippen molar-refractivity contribution in [2.24, 2.45) is 7.05 Å². The van der Waals surface area contributed by atoms with Gasteiger partial charge in [-0.25, -0.2) is 4.98 Å². The summed E-state index contributed by atoms with van der Waals surface area (Å²) in [4.78, 5) is 23.8. The van der Waals surface area contributed by atoms with Gasteiger partial charge >= 0.3 is 0 Å². The molecule has 0 aliphatic carbocycles. The van der Waals surface area contributed by atoms with Gasteiger partial charge in [-0.3, -0.25) is 14.5 Å². The molecule has 0 bridgehead atoms. The van der Waals surface area contributed by atoms with Crippen LogP contribution >= 0.6 is 0 Å². The van der Waals surface area contributed by atoms with Gasteiger partial charge in [-0.05, 0) is 44.0 Å². The summed E-state index contributed by atoms with van der Waals surface area (Å²) < 4.78 is 1.83. The summed E-state index contributed by atoms with van der Waals surface area (Å²) in [5.74, 6) is 0.0430. The van der Waals surface area contributed by atoms with Crippen LogP contribution in [0.5, 0.6) is 0 Å². The number of aromatic nitrogens is 4. The Hall–Kier alpha value is -2.76. The summed E-state index contributed by atoms with van der Waals surface area (Å²) in [5.41, 5.74) is 3.39. The first-order valence-corrected chi connectivity index (χ1v) is 8.98. The number of hydrogen-bond acceptors (Lipinski definition) is 4. The molecule has 1 atom stereocenters. The first-order valence-electron chi connectivity index (χ1n) is 8.98. The molecule has 4 rings (SSSR count). The lowest BCUT2D eigenvalue weighted by Gasteiger charge is -2.40. The Bertz CT molecular complexity index is 965. The zero-order valence-electron chi connectivity index (χ0n) is 15.4. The quantitative estimate of drug-likeness (QED) is 0.714. The number of pyridine rings is 2. The summed E-state index contributed by atoms with van der Waals surface area (Å²) >= 11 is 0. The van der Waals surface area contributed by atoms with Crippen LogP contribution in [0.1, 0.15) is 41.5 Å². The Morgan fingerprint density at radius 1 is 1.27 bits per heavy atom. The second-order valence-corrected chi connectivity index (χ2v) is 7.41. The lowest BCUT2D eigenvalue weighted by Crippen LogP contribution is -2.47. The van der Waals surface area contributed by atoms with Crippen LogP contribution in [0.25, 0.3) is 11.0 Å². The minimum atomic E-state index is -0.164. The van der Waals surface area contributed by atoms with Gasteiger partial charge in [0.05, 0.1) is 17.0 Å². The molecule has 1 amide bonds. The largest absolute Gasteiger partial charge is 0.338 e. The highest BCUT2D eigenvalue weighted by Crippen LogP contribution is 2.34. The number of aryl methyl sites for hydroxylation is 2. The van der Waals surface area contributed by atoms with Crippen molar-refractivity contribution in [1.82, 2.24) is 24.6 Å². The molecule has 4 heterocycles. The minimum Gasteiger partial charge on any atom is -0.338 e. The smallest absolute Gasteiger partial charge is 0.255 e. The molecule has 1 unspecified atom stereocenters. The van der Waals surface area contributed by atoms with Gasteiger partial charge in [0.1, 0.15) is 0 Å². The molecule has 0 aromatic carbocycles. The standard InChI is InChI=1S/C20H23N5O/c1-14-16-7-8-17(22-18(16)24(3)23-14)20(2)9-5-11-25(13-20)19(26)15-6-4-10-21-12-15/h4,6-8,10,12H,5,9,11,13H2,1-3H3. The Labute approximate surface area is 152 Å². The zero-order valence-corrected chi connectivity index (χ0v) is 15.4. The molecule has 6 nitrogen and oxygen atoms in total. The van der Waals surface area contributed by atoms with Gasteiger partial charge in [-0.2, -0.15) is 5.10 Å². The van der Waals surface area contributed by atoms with Crippen LogP contribution in [-0.4, -0.2) is 43.6 Å². The van der Waals surface area contributed by atoms with Crippen molar-refractivity contribution < 1.29 is 4.79 Å². The average molecular weight is 349 g/mol. The van der Waals surface area contributed by atoms with Crippen LogP contribution in [0.2, 0.25) is 0 Å². The lowest BCUT2D eigenvalue weighted by molar-refractivity contribution is 0.0647. The molecule has 3 aromatic heterocycles. The Balaban J connectivity index is 1.65. The van der Waals surface area contributed by atoms with Crippen LogP contribution in [0, 0.1) is 6.92 Å². The molecule has 1 fully saturated rings. The number of hydrogen-bond donors (Lipinski definition) is 0. The summed E-state index contributed by atoms with van der Waals surface area (Å²) in [6.45, 7) is 5.64. The molecular weight excluding hydrogens is 326 g/mol. The number of amides is 1. The van der Waals surface area contributed by atoms with Crippen LogP contribution in [-0.2, 0) is 12.5 Å². The second-order valence-electron chi connectivity index (χ2n) is 7.41. The van der Waals surface area contributed by atoms with E-state index in [-0.39, 0.29) is 11.3 Å². The van der Waals surface area contributed by atoms with Crippen molar-refractivity contribution >= 4 is 16.9 Å². The number of fused-ring (bicyclic) bond motifs is 1. The number of rotatable bonds is 2. The van der Waals surface area contributed by atoms with Gasteiger partial charge in [0.15, 0.2) is 5.65 Å². The summed E-state index contributed by atoms with van der Waals surface area (Å²) in [5, 5.41) is 5.55. The predicted molar refractivity (Wildman–Crippen MR) is 100.0 cm³/mol. The Kier molecular flexibility index (Phi) is 3.98. The normalized spacial score (nSPS) is 20.5. The summed E-state index contributed by atoms with van der Waals surface area (Å²) in [6.07, 6.45) is 5.30. The zero-order chi connectivity index (χ0) is 18.3. The van der Waals surface area contributed by atoms with Gasteiger partial charge in [0, 0.05) is 43.3 Å². The van der Waals surface area contributed by atoms with Gasteiger partial charge in [-0.1, -0.05) is 6.92 Å². The van der Waals surface area contributed by atoms with Crippen LogP contribution in [0.4, 0.5) is 0 Å². The second kappa shape index (κ2) is 6.20. The number of likely N-dealkylation sites (tertiary alicyclic amines) is 1. The molecule has 134 valence electrons. The first kappa shape index (κ1) is 16.7. The molecule has 0 saturated carbocycles. The fraction of sp³-hybridized carbons (Fsp3) is 0.400.